The van der Waals surface area contributed by atoms with Crippen molar-refractivity contribution in [1.82, 2.24) is 0 Å². The van der Waals surface area contributed by atoms with Crippen molar-refractivity contribution in [2.75, 3.05) is 5.75 Å². The Hall–Kier alpha value is -0.981. The average Bonchev–Trinajstić information content (AvgIpc) is 2.49. The van der Waals surface area contributed by atoms with Crippen LogP contribution in [0.4, 0.5) is 0 Å². The second-order valence-corrected chi connectivity index (χ2v) is 8.26. The summed E-state index contributed by atoms with van der Waals surface area (Å²) in [4.78, 5) is 9.68. The summed E-state index contributed by atoms with van der Waals surface area (Å²) in [6.45, 7) is 0. The van der Waals surface area contributed by atoms with Gasteiger partial charge in [0.25, 0.3) is 5.97 Å². The van der Waals surface area contributed by atoms with Crippen molar-refractivity contribution in [3.8, 4) is 0 Å². The Kier molecular flexibility index (Phi) is 8.41. The van der Waals surface area contributed by atoms with Gasteiger partial charge in [0.15, 0.2) is 0 Å². The van der Waals surface area contributed by atoms with Crippen LogP contribution in [0.2, 0.25) is 0 Å². The van der Waals surface area contributed by atoms with E-state index in [-0.39, 0.29) is 5.75 Å². The predicted octanol–water partition coefficient (Wildman–Crippen LogP) is 1.38. The molecule has 0 saturated heterocycles. The fourth-order valence-corrected chi connectivity index (χ4v) is 4.42. The summed E-state index contributed by atoms with van der Waals surface area (Å²) >= 11 is 3.77. The van der Waals surface area contributed by atoms with Gasteiger partial charge in [-0.1, -0.05) is 6.04 Å². The zero-order valence-electron chi connectivity index (χ0n) is 10.8. The van der Waals surface area contributed by atoms with Gasteiger partial charge >= 0.3 is 89.0 Å². The van der Waals surface area contributed by atoms with E-state index in [2.05, 4.69) is 73.3 Å². The first kappa shape index (κ1) is 17.1. The Balaban J connectivity index is 0.000000246. The molecule has 2 N–H and O–H groups in total. The maximum atomic E-state index is 9.68. The van der Waals surface area contributed by atoms with Crippen molar-refractivity contribution in [2.45, 2.75) is 6.04 Å². The summed E-state index contributed by atoms with van der Waals surface area (Å²) in [5, 5.41) is 7.93. The first-order valence-electron chi connectivity index (χ1n) is 6.02. The molecule has 2 aromatic rings. The zero-order valence-corrected chi connectivity index (χ0v) is 14.5. The van der Waals surface area contributed by atoms with Crippen molar-refractivity contribution >= 4 is 46.9 Å². The fourth-order valence-electron chi connectivity index (χ4n) is 1.28. The summed E-state index contributed by atoms with van der Waals surface area (Å²) in [5.41, 5.74) is 6.57. The molecule has 102 valence electrons. The van der Waals surface area contributed by atoms with Crippen LogP contribution < -0.4 is 7.16 Å². The SMILES string of the molecule is [NH-]C(C[S-])C(=O)O.c1cc[c]([Sn+2][c]2ccccc2)cc1. The molecule has 20 heavy (non-hydrogen) atoms. The summed E-state index contributed by atoms with van der Waals surface area (Å²) in [6.07, 6.45) is 0. The molecule has 3 nitrogen and oxygen atoms in total. The van der Waals surface area contributed by atoms with Gasteiger partial charge in [-0.3, -0.25) is 4.79 Å². The molecule has 1 unspecified atom stereocenters. The molecule has 0 saturated carbocycles. The third kappa shape index (κ3) is 6.98. The third-order valence-corrected chi connectivity index (χ3v) is 6.18. The molecule has 0 amide bonds. The van der Waals surface area contributed by atoms with Crippen molar-refractivity contribution in [3.63, 3.8) is 0 Å². The molecule has 5 heteroatoms. The van der Waals surface area contributed by atoms with Gasteiger partial charge in [-0.15, -0.1) is 0 Å². The van der Waals surface area contributed by atoms with Gasteiger partial charge in [0, 0.05) is 0 Å². The number of rotatable bonds is 4. The first-order chi connectivity index (χ1) is 9.63. The van der Waals surface area contributed by atoms with E-state index in [1.807, 2.05) is 0 Å². The predicted molar refractivity (Wildman–Crippen MR) is 85.9 cm³/mol. The molecule has 1 atom stereocenters. The molecule has 0 fully saturated rings. The van der Waals surface area contributed by atoms with Crippen LogP contribution in [0.1, 0.15) is 0 Å². The van der Waals surface area contributed by atoms with Crippen LogP contribution in [0.15, 0.2) is 60.7 Å². The van der Waals surface area contributed by atoms with E-state index in [4.69, 9.17) is 10.8 Å². The molecule has 0 heterocycles. The molecule has 0 aliphatic carbocycles. The molecule has 0 spiro atoms. The molecule has 0 bridgehead atoms. The van der Waals surface area contributed by atoms with Crippen LogP contribution in [0.25, 0.3) is 5.73 Å². The second kappa shape index (κ2) is 9.85. The summed E-state index contributed by atoms with van der Waals surface area (Å²) < 4.78 is 3.08. The number of carboxylic acid groups (broad SMARTS) is 1. The summed E-state index contributed by atoms with van der Waals surface area (Å²) in [5.74, 6) is -1.18. The van der Waals surface area contributed by atoms with Gasteiger partial charge in [0.1, 0.15) is 0 Å². The third-order valence-electron chi connectivity index (χ3n) is 2.30. The van der Waals surface area contributed by atoms with E-state index in [0.29, 0.717) is 0 Å². The van der Waals surface area contributed by atoms with Crippen LogP contribution in [0.3, 0.4) is 0 Å². The summed E-state index contributed by atoms with van der Waals surface area (Å²) in [6, 6.07) is 20.5. The van der Waals surface area contributed by atoms with Crippen molar-refractivity contribution < 1.29 is 9.90 Å². The van der Waals surface area contributed by atoms with Gasteiger partial charge in [-0.05, 0) is 0 Å². The van der Waals surface area contributed by atoms with E-state index >= 15 is 0 Å². The van der Waals surface area contributed by atoms with Crippen molar-refractivity contribution in [1.29, 1.82) is 0 Å². The van der Waals surface area contributed by atoms with E-state index < -0.39 is 33.2 Å². The van der Waals surface area contributed by atoms with Crippen LogP contribution in [0.5, 0.6) is 0 Å². The normalized spacial score (nSPS) is 10.7. The van der Waals surface area contributed by atoms with Crippen LogP contribution >= 0.6 is 0 Å². The Morgan fingerprint density at radius 3 is 1.70 bits per heavy atom. The van der Waals surface area contributed by atoms with Gasteiger partial charge in [0.05, 0.1) is 0 Å². The number of aliphatic carboxylic acids is 1. The second-order valence-electron chi connectivity index (χ2n) is 3.91. The standard InChI is InChI=1S/2C6H5.C3H6NO2S.Sn/c2*1-2-4-6-5-3-1;4-2(1-7)3(5)6;/h2*1-5H;2,4,7H,1H2,(H,5,6);/q;;-1;+2/p-1. The first-order valence-corrected chi connectivity index (χ1v) is 9.45. The fraction of sp³-hybridized carbons (Fsp3) is 0.133. The number of carbonyl (C=O) groups is 1. The van der Waals surface area contributed by atoms with Crippen molar-refractivity contribution in [3.05, 3.63) is 66.4 Å². The van der Waals surface area contributed by atoms with Gasteiger partial charge < -0.3 is 23.5 Å². The summed E-state index contributed by atoms with van der Waals surface area (Å²) in [7, 11) is 0. The molecule has 0 radical (unpaired) electrons. The molecule has 2 rings (SSSR count). The Bertz CT molecular complexity index is 470. The number of hydrogen-bond acceptors (Lipinski definition) is 2. The van der Waals surface area contributed by atoms with E-state index in [0.717, 1.165) is 0 Å². The molecule has 2 aromatic carbocycles. The Labute approximate surface area is 134 Å². The van der Waals surface area contributed by atoms with Crippen LogP contribution in [-0.2, 0) is 17.4 Å². The maximum absolute atomic E-state index is 9.68. The molecular formula is C15H15NO2SSn. The van der Waals surface area contributed by atoms with Gasteiger partial charge in [-0.2, -0.15) is 5.75 Å². The van der Waals surface area contributed by atoms with E-state index in [9.17, 15) is 4.79 Å². The number of carboxylic acids is 1. The number of hydrogen-bond donors (Lipinski definition) is 1. The van der Waals surface area contributed by atoms with Crippen molar-refractivity contribution in [2.24, 2.45) is 0 Å². The molecule has 0 aliphatic heterocycles. The molecule has 0 aromatic heterocycles. The topological polar surface area (TPSA) is 61.1 Å². The monoisotopic (exact) mass is 393 g/mol. The van der Waals surface area contributed by atoms with Gasteiger partial charge in [0.2, 0.25) is 0 Å². The zero-order chi connectivity index (χ0) is 14.8. The molecular weight excluding hydrogens is 377 g/mol. The van der Waals surface area contributed by atoms with E-state index in [1.165, 1.54) is 7.16 Å². The van der Waals surface area contributed by atoms with Crippen LogP contribution in [-0.4, -0.2) is 44.0 Å². The minimum absolute atomic E-state index is 0.0324. The van der Waals surface area contributed by atoms with Crippen LogP contribution in [0, 0.1) is 0 Å². The average molecular weight is 392 g/mol. The minimum atomic E-state index is -1.14. The van der Waals surface area contributed by atoms with Gasteiger partial charge in [-0.25, -0.2) is 0 Å². The number of nitrogens with one attached hydrogen (secondary N) is 1. The van der Waals surface area contributed by atoms with E-state index in [1.54, 1.807) is 0 Å². The Morgan fingerprint density at radius 1 is 1.05 bits per heavy atom. The Morgan fingerprint density at radius 2 is 1.45 bits per heavy atom. The quantitative estimate of drug-likeness (QED) is 0.632. The number of benzene rings is 2. The molecule has 0 aliphatic rings.